The standard InChI is InChI=1S/C11H11F3N2O2S/c1-2-3-8(19)16-9-7(10(17)18)4-6(5-15-9)11(12,13)14/h3-5,19H,2H2,1H3,(H,15,16)(H,17,18)/b8-3-. The summed E-state index contributed by atoms with van der Waals surface area (Å²) in [4.78, 5) is 14.4. The largest absolute Gasteiger partial charge is 0.478 e. The van der Waals surface area contributed by atoms with Gasteiger partial charge in [0.15, 0.2) is 0 Å². The van der Waals surface area contributed by atoms with E-state index in [2.05, 4.69) is 22.9 Å². The molecule has 0 spiro atoms. The zero-order valence-electron chi connectivity index (χ0n) is 9.82. The minimum absolute atomic E-state index is 0.185. The van der Waals surface area contributed by atoms with Crippen molar-refractivity contribution in [3.8, 4) is 0 Å². The van der Waals surface area contributed by atoms with E-state index in [0.717, 1.165) is 0 Å². The van der Waals surface area contributed by atoms with E-state index in [1.807, 2.05) is 6.92 Å². The van der Waals surface area contributed by atoms with Crippen molar-refractivity contribution in [2.24, 2.45) is 0 Å². The third-order valence-electron chi connectivity index (χ3n) is 2.09. The summed E-state index contributed by atoms with van der Waals surface area (Å²) >= 11 is 4.01. The number of nitrogens with one attached hydrogen (secondary N) is 1. The average Bonchev–Trinajstić information content (AvgIpc) is 2.27. The minimum atomic E-state index is -4.64. The number of rotatable bonds is 4. The maximum atomic E-state index is 12.5. The molecule has 0 aliphatic carbocycles. The van der Waals surface area contributed by atoms with Crippen molar-refractivity contribution in [3.63, 3.8) is 0 Å². The Kier molecular flexibility index (Phi) is 4.82. The fourth-order valence-corrected chi connectivity index (χ4v) is 1.54. The maximum absolute atomic E-state index is 12.5. The molecule has 4 nitrogen and oxygen atoms in total. The number of alkyl halides is 3. The Bertz CT molecular complexity index is 515. The lowest BCUT2D eigenvalue weighted by Gasteiger charge is -2.11. The van der Waals surface area contributed by atoms with Crippen LogP contribution in [0.5, 0.6) is 0 Å². The molecule has 0 bridgehead atoms. The van der Waals surface area contributed by atoms with Crippen molar-refractivity contribution in [2.75, 3.05) is 5.32 Å². The van der Waals surface area contributed by atoms with Crippen molar-refractivity contribution in [1.82, 2.24) is 4.98 Å². The highest BCUT2D eigenvalue weighted by Gasteiger charge is 2.32. The van der Waals surface area contributed by atoms with E-state index in [-0.39, 0.29) is 5.82 Å². The van der Waals surface area contributed by atoms with Gasteiger partial charge in [-0.15, -0.1) is 12.6 Å². The van der Waals surface area contributed by atoms with E-state index in [4.69, 9.17) is 5.11 Å². The minimum Gasteiger partial charge on any atom is -0.478 e. The van der Waals surface area contributed by atoms with E-state index in [0.29, 0.717) is 23.7 Å². The fraction of sp³-hybridized carbons (Fsp3) is 0.273. The van der Waals surface area contributed by atoms with Crippen molar-refractivity contribution < 1.29 is 23.1 Å². The zero-order valence-corrected chi connectivity index (χ0v) is 10.7. The number of carboxylic acid groups (broad SMARTS) is 1. The molecule has 1 aromatic rings. The van der Waals surface area contributed by atoms with Gasteiger partial charge in [-0.25, -0.2) is 9.78 Å². The summed E-state index contributed by atoms with van der Waals surface area (Å²) in [6, 6.07) is 0.532. The van der Waals surface area contributed by atoms with Crippen LogP contribution in [0.15, 0.2) is 23.4 Å². The Morgan fingerprint density at radius 1 is 1.58 bits per heavy atom. The third-order valence-corrected chi connectivity index (χ3v) is 2.38. The topological polar surface area (TPSA) is 62.2 Å². The van der Waals surface area contributed by atoms with Crippen LogP contribution >= 0.6 is 12.6 Å². The van der Waals surface area contributed by atoms with Gasteiger partial charge < -0.3 is 10.4 Å². The van der Waals surface area contributed by atoms with Crippen LogP contribution in [0.4, 0.5) is 19.0 Å². The van der Waals surface area contributed by atoms with Crippen LogP contribution in [0.2, 0.25) is 0 Å². The first-order valence-electron chi connectivity index (χ1n) is 5.22. The molecule has 104 valence electrons. The number of halogens is 3. The predicted molar refractivity (Wildman–Crippen MR) is 67.2 cm³/mol. The monoisotopic (exact) mass is 292 g/mol. The number of allylic oxidation sites excluding steroid dienone is 1. The van der Waals surface area contributed by atoms with Crippen LogP contribution in [0.25, 0.3) is 0 Å². The molecule has 2 N–H and O–H groups in total. The molecule has 1 aromatic heterocycles. The van der Waals surface area contributed by atoms with Crippen molar-refractivity contribution in [1.29, 1.82) is 0 Å². The number of hydrogen-bond donors (Lipinski definition) is 3. The molecule has 0 saturated carbocycles. The second-order valence-corrected chi connectivity index (χ2v) is 4.03. The molecule has 0 amide bonds. The number of thiol groups is 1. The summed E-state index contributed by atoms with van der Waals surface area (Å²) < 4.78 is 37.4. The molecule has 0 aliphatic rings. The van der Waals surface area contributed by atoms with Crippen LogP contribution in [-0.4, -0.2) is 16.1 Å². The highest BCUT2D eigenvalue weighted by atomic mass is 32.1. The number of carboxylic acids is 1. The number of carbonyl (C=O) groups is 1. The SMILES string of the molecule is CC/C=C(\S)Nc1ncc(C(F)(F)F)cc1C(=O)O. The smallest absolute Gasteiger partial charge is 0.417 e. The lowest BCUT2D eigenvalue weighted by atomic mass is 10.2. The van der Waals surface area contributed by atoms with Gasteiger partial charge in [0.25, 0.3) is 0 Å². The van der Waals surface area contributed by atoms with E-state index < -0.39 is 23.3 Å². The van der Waals surface area contributed by atoms with Crippen LogP contribution < -0.4 is 5.32 Å². The van der Waals surface area contributed by atoms with Crippen LogP contribution in [0, 0.1) is 0 Å². The molecule has 0 saturated heterocycles. The van der Waals surface area contributed by atoms with Gasteiger partial charge in [0.05, 0.1) is 10.6 Å². The van der Waals surface area contributed by atoms with Crippen molar-refractivity contribution in [3.05, 3.63) is 34.5 Å². The number of hydrogen-bond acceptors (Lipinski definition) is 4. The average molecular weight is 292 g/mol. The van der Waals surface area contributed by atoms with Crippen LogP contribution in [0.1, 0.15) is 29.3 Å². The highest BCUT2D eigenvalue weighted by molar-refractivity contribution is 7.84. The number of nitrogens with zero attached hydrogens (tertiary/aromatic N) is 1. The lowest BCUT2D eigenvalue weighted by molar-refractivity contribution is -0.137. The lowest BCUT2D eigenvalue weighted by Crippen LogP contribution is -2.12. The van der Waals surface area contributed by atoms with Gasteiger partial charge in [-0.05, 0) is 12.5 Å². The molecule has 0 fully saturated rings. The third kappa shape index (κ3) is 4.16. The van der Waals surface area contributed by atoms with Gasteiger partial charge in [0, 0.05) is 6.20 Å². The summed E-state index contributed by atoms with van der Waals surface area (Å²) in [7, 11) is 0. The van der Waals surface area contributed by atoms with E-state index in [1.54, 1.807) is 6.08 Å². The molecule has 1 rings (SSSR count). The first kappa shape index (κ1) is 15.4. The Hall–Kier alpha value is -1.70. The first-order valence-corrected chi connectivity index (χ1v) is 5.67. The zero-order chi connectivity index (χ0) is 14.6. The van der Waals surface area contributed by atoms with E-state index >= 15 is 0 Å². The molecular formula is C11H11F3N2O2S. The summed E-state index contributed by atoms with van der Waals surface area (Å²) in [5.41, 5.74) is -1.68. The summed E-state index contributed by atoms with van der Waals surface area (Å²) in [5.74, 6) is -1.69. The second-order valence-electron chi connectivity index (χ2n) is 3.55. The predicted octanol–water partition coefficient (Wildman–Crippen LogP) is 3.39. The fourth-order valence-electron chi connectivity index (χ4n) is 1.25. The number of pyridine rings is 1. The molecule has 0 aromatic carbocycles. The molecular weight excluding hydrogens is 281 g/mol. The highest BCUT2D eigenvalue weighted by Crippen LogP contribution is 2.31. The molecule has 1 heterocycles. The second kappa shape index (κ2) is 5.96. The van der Waals surface area contributed by atoms with Gasteiger partial charge >= 0.3 is 12.1 Å². The Morgan fingerprint density at radius 2 is 2.21 bits per heavy atom. The van der Waals surface area contributed by atoms with Crippen molar-refractivity contribution >= 4 is 24.4 Å². The Labute approximate surface area is 112 Å². The number of aromatic nitrogens is 1. The maximum Gasteiger partial charge on any atom is 0.417 e. The molecule has 0 unspecified atom stereocenters. The summed E-state index contributed by atoms with van der Waals surface area (Å²) in [6.07, 6.45) is -1.80. The van der Waals surface area contributed by atoms with Crippen LogP contribution in [0.3, 0.4) is 0 Å². The molecule has 0 atom stereocenters. The normalized spacial score (nSPS) is 12.4. The van der Waals surface area contributed by atoms with Gasteiger partial charge in [-0.1, -0.05) is 13.0 Å². The summed E-state index contributed by atoms with van der Waals surface area (Å²) in [5, 5.41) is 11.8. The molecule has 19 heavy (non-hydrogen) atoms. The van der Waals surface area contributed by atoms with Gasteiger partial charge in [-0.3, -0.25) is 0 Å². The molecule has 8 heteroatoms. The number of anilines is 1. The Balaban J connectivity index is 3.20. The molecule has 0 radical (unpaired) electrons. The van der Waals surface area contributed by atoms with Gasteiger partial charge in [0.2, 0.25) is 0 Å². The number of aromatic carboxylic acids is 1. The summed E-state index contributed by atoms with van der Waals surface area (Å²) in [6.45, 7) is 1.83. The van der Waals surface area contributed by atoms with Gasteiger partial charge in [-0.2, -0.15) is 13.2 Å². The first-order chi connectivity index (χ1) is 8.75. The Morgan fingerprint density at radius 3 is 2.68 bits per heavy atom. The molecule has 0 aliphatic heterocycles. The quantitative estimate of drug-likeness (QED) is 0.744. The van der Waals surface area contributed by atoms with E-state index in [9.17, 15) is 18.0 Å². The van der Waals surface area contributed by atoms with E-state index in [1.165, 1.54) is 0 Å². The van der Waals surface area contributed by atoms with Crippen molar-refractivity contribution in [2.45, 2.75) is 19.5 Å². The van der Waals surface area contributed by atoms with Crippen LogP contribution in [-0.2, 0) is 6.18 Å². The van der Waals surface area contributed by atoms with Gasteiger partial charge in [0.1, 0.15) is 11.4 Å².